The van der Waals surface area contributed by atoms with E-state index in [0.717, 1.165) is 25.7 Å². The molecule has 2 amide bonds. The van der Waals surface area contributed by atoms with Gasteiger partial charge in [-0.05, 0) is 51.4 Å². The topological polar surface area (TPSA) is 87.7 Å². The van der Waals surface area contributed by atoms with E-state index in [1.807, 2.05) is 6.92 Å². The van der Waals surface area contributed by atoms with E-state index < -0.39 is 11.5 Å². The minimum Gasteiger partial charge on any atom is -0.480 e. The molecule has 0 aromatic rings. The first-order valence-corrected chi connectivity index (χ1v) is 7.85. The van der Waals surface area contributed by atoms with Gasteiger partial charge in [0.1, 0.15) is 5.54 Å². The van der Waals surface area contributed by atoms with Gasteiger partial charge in [0.25, 0.3) is 0 Å². The highest BCUT2D eigenvalue weighted by atomic mass is 16.5. The van der Waals surface area contributed by atoms with Crippen molar-refractivity contribution < 1.29 is 19.4 Å². The van der Waals surface area contributed by atoms with Crippen molar-refractivity contribution in [1.82, 2.24) is 10.6 Å². The van der Waals surface area contributed by atoms with Crippen LogP contribution in [0.25, 0.3) is 0 Å². The van der Waals surface area contributed by atoms with Crippen LogP contribution in [0.4, 0.5) is 4.79 Å². The number of urea groups is 1. The second-order valence-electron chi connectivity index (χ2n) is 6.57. The Hall–Kier alpha value is -1.30. The molecular formula is C15H26N2O4. The number of nitrogens with one attached hydrogen (secondary N) is 2. The molecule has 2 unspecified atom stereocenters. The second-order valence-corrected chi connectivity index (χ2v) is 6.57. The lowest BCUT2D eigenvalue weighted by molar-refractivity contribution is -0.146. The third-order valence-corrected chi connectivity index (χ3v) is 4.71. The number of hydrogen-bond acceptors (Lipinski definition) is 3. The zero-order valence-electron chi connectivity index (χ0n) is 12.9. The van der Waals surface area contributed by atoms with Crippen molar-refractivity contribution in [2.45, 2.75) is 70.1 Å². The molecule has 6 nitrogen and oxygen atoms in total. The van der Waals surface area contributed by atoms with Crippen LogP contribution in [0.15, 0.2) is 0 Å². The quantitative estimate of drug-likeness (QED) is 0.742. The van der Waals surface area contributed by atoms with Crippen LogP contribution in [0, 0.1) is 5.92 Å². The largest absolute Gasteiger partial charge is 0.480 e. The van der Waals surface area contributed by atoms with E-state index in [9.17, 15) is 14.7 Å². The summed E-state index contributed by atoms with van der Waals surface area (Å²) in [6.45, 7) is 4.73. The molecule has 2 atom stereocenters. The summed E-state index contributed by atoms with van der Waals surface area (Å²) >= 11 is 0. The highest BCUT2D eigenvalue weighted by Gasteiger charge is 2.42. The molecule has 6 heteroatoms. The van der Waals surface area contributed by atoms with Crippen molar-refractivity contribution in [3.63, 3.8) is 0 Å². The van der Waals surface area contributed by atoms with Crippen molar-refractivity contribution in [1.29, 1.82) is 0 Å². The number of rotatable bonds is 3. The van der Waals surface area contributed by atoms with E-state index in [4.69, 9.17) is 4.74 Å². The Balaban J connectivity index is 1.91. The van der Waals surface area contributed by atoms with E-state index in [2.05, 4.69) is 17.6 Å². The van der Waals surface area contributed by atoms with E-state index in [0.29, 0.717) is 25.4 Å². The molecule has 0 bridgehead atoms. The Morgan fingerprint density at radius 2 is 1.86 bits per heavy atom. The van der Waals surface area contributed by atoms with Gasteiger partial charge in [0, 0.05) is 12.6 Å². The first kappa shape index (κ1) is 16.1. The van der Waals surface area contributed by atoms with Crippen LogP contribution in [-0.2, 0) is 9.53 Å². The first-order valence-electron chi connectivity index (χ1n) is 7.85. The van der Waals surface area contributed by atoms with Crippen LogP contribution in [0.3, 0.4) is 0 Å². The van der Waals surface area contributed by atoms with Gasteiger partial charge < -0.3 is 20.5 Å². The molecule has 120 valence electrons. The Labute approximate surface area is 125 Å². The van der Waals surface area contributed by atoms with Crippen LogP contribution in [0.1, 0.15) is 52.4 Å². The Morgan fingerprint density at radius 1 is 1.19 bits per heavy atom. The lowest BCUT2D eigenvalue weighted by atomic mass is 9.77. The first-order chi connectivity index (χ1) is 9.91. The number of hydrogen-bond donors (Lipinski definition) is 3. The highest BCUT2D eigenvalue weighted by molar-refractivity contribution is 5.86. The Bertz CT molecular complexity index is 391. The van der Waals surface area contributed by atoms with Gasteiger partial charge >= 0.3 is 12.0 Å². The van der Waals surface area contributed by atoms with Crippen molar-refractivity contribution >= 4 is 12.0 Å². The third kappa shape index (κ3) is 4.09. The molecule has 1 aliphatic heterocycles. The fraction of sp³-hybridized carbons (Fsp3) is 0.867. The van der Waals surface area contributed by atoms with Gasteiger partial charge in [-0.1, -0.05) is 6.92 Å². The summed E-state index contributed by atoms with van der Waals surface area (Å²) < 4.78 is 5.44. The molecule has 0 radical (unpaired) electrons. The van der Waals surface area contributed by atoms with Crippen LogP contribution in [0.5, 0.6) is 0 Å². The predicted molar refractivity (Wildman–Crippen MR) is 78.1 cm³/mol. The highest BCUT2D eigenvalue weighted by Crippen LogP contribution is 2.32. The predicted octanol–water partition coefficient (Wildman–Crippen LogP) is 1.89. The smallest absolute Gasteiger partial charge is 0.329 e. The number of ether oxygens (including phenoxy) is 1. The van der Waals surface area contributed by atoms with Gasteiger partial charge in [0.05, 0.1) is 6.10 Å². The average Bonchev–Trinajstić information content (AvgIpc) is 2.41. The summed E-state index contributed by atoms with van der Waals surface area (Å²) in [5.74, 6) is -0.399. The maximum absolute atomic E-state index is 12.2. The van der Waals surface area contributed by atoms with Crippen LogP contribution >= 0.6 is 0 Å². The summed E-state index contributed by atoms with van der Waals surface area (Å²) in [6, 6.07) is -0.312. The number of aliphatic carboxylic acids is 1. The summed E-state index contributed by atoms with van der Waals surface area (Å²) in [4.78, 5) is 23.8. The molecule has 1 saturated heterocycles. The molecule has 3 N–H and O–H groups in total. The van der Waals surface area contributed by atoms with Crippen molar-refractivity contribution in [3.05, 3.63) is 0 Å². The van der Waals surface area contributed by atoms with Gasteiger partial charge in [-0.15, -0.1) is 0 Å². The summed E-state index contributed by atoms with van der Waals surface area (Å²) in [6.07, 6.45) is 4.34. The van der Waals surface area contributed by atoms with Gasteiger partial charge in [-0.3, -0.25) is 0 Å². The number of amides is 2. The van der Waals surface area contributed by atoms with Crippen LogP contribution in [0.2, 0.25) is 0 Å². The number of carboxylic acid groups (broad SMARTS) is 1. The standard InChI is InChI=1S/C15H26N2O4/c1-10-3-6-15(7-4-10,13(18)19)17-14(20)16-12-5-8-21-11(2)9-12/h10-12H,3-9H2,1-2H3,(H,18,19)(H2,16,17,20). The van der Waals surface area contributed by atoms with Gasteiger partial charge in [0.2, 0.25) is 0 Å². The molecule has 2 rings (SSSR count). The maximum Gasteiger partial charge on any atom is 0.329 e. The van der Waals surface area contributed by atoms with E-state index in [1.165, 1.54) is 0 Å². The molecule has 0 aromatic carbocycles. The maximum atomic E-state index is 12.2. The van der Waals surface area contributed by atoms with Crippen LogP contribution in [-0.4, -0.2) is 41.4 Å². The number of carboxylic acids is 1. The molecule has 0 aromatic heterocycles. The number of carbonyl (C=O) groups excluding carboxylic acids is 1. The Kier molecular flexibility index (Phi) is 5.08. The van der Waals surface area contributed by atoms with E-state index in [1.54, 1.807) is 0 Å². The summed E-state index contributed by atoms with van der Waals surface area (Å²) in [5, 5.41) is 15.1. The summed E-state index contributed by atoms with van der Waals surface area (Å²) in [7, 11) is 0. The fourth-order valence-electron chi connectivity index (χ4n) is 3.22. The lowest BCUT2D eigenvalue weighted by Crippen LogP contribution is -2.60. The van der Waals surface area contributed by atoms with Gasteiger partial charge in [-0.2, -0.15) is 0 Å². The zero-order chi connectivity index (χ0) is 15.5. The Morgan fingerprint density at radius 3 is 2.43 bits per heavy atom. The molecule has 1 aliphatic carbocycles. The minimum absolute atomic E-state index is 0.0575. The molecule has 1 saturated carbocycles. The molecule has 0 spiro atoms. The fourth-order valence-corrected chi connectivity index (χ4v) is 3.22. The minimum atomic E-state index is -1.10. The normalized spacial score (nSPS) is 36.8. The van der Waals surface area contributed by atoms with Crippen molar-refractivity contribution in [2.24, 2.45) is 5.92 Å². The zero-order valence-corrected chi connectivity index (χ0v) is 12.9. The summed E-state index contributed by atoms with van der Waals surface area (Å²) in [5.41, 5.74) is -1.10. The molecule has 2 fully saturated rings. The second kappa shape index (κ2) is 6.64. The molecule has 21 heavy (non-hydrogen) atoms. The van der Waals surface area contributed by atoms with Crippen molar-refractivity contribution in [2.75, 3.05) is 6.61 Å². The molecule has 1 heterocycles. The third-order valence-electron chi connectivity index (χ3n) is 4.71. The monoisotopic (exact) mass is 298 g/mol. The molecule has 2 aliphatic rings. The molecular weight excluding hydrogens is 272 g/mol. The van der Waals surface area contributed by atoms with Gasteiger partial charge in [0.15, 0.2) is 0 Å². The van der Waals surface area contributed by atoms with Crippen LogP contribution < -0.4 is 10.6 Å². The van der Waals surface area contributed by atoms with Gasteiger partial charge in [-0.25, -0.2) is 9.59 Å². The van der Waals surface area contributed by atoms with Crippen molar-refractivity contribution in [3.8, 4) is 0 Å². The SMILES string of the molecule is CC1CCC(NC(=O)NC2CCOC(C)C2)(C(=O)O)CC1. The van der Waals surface area contributed by atoms with E-state index in [-0.39, 0.29) is 18.2 Å². The number of carbonyl (C=O) groups is 2. The lowest BCUT2D eigenvalue weighted by Gasteiger charge is -2.37. The average molecular weight is 298 g/mol. The van der Waals surface area contributed by atoms with E-state index >= 15 is 0 Å².